The lowest BCUT2D eigenvalue weighted by Crippen LogP contribution is -2.54. The van der Waals surface area contributed by atoms with E-state index in [-0.39, 0.29) is 5.60 Å². The third-order valence-corrected chi connectivity index (χ3v) is 8.82. The fourth-order valence-corrected chi connectivity index (χ4v) is 7.45. The summed E-state index contributed by atoms with van der Waals surface area (Å²) < 4.78 is 6.45. The molecule has 146 valence electrons. The number of rotatable bonds is 5. The summed E-state index contributed by atoms with van der Waals surface area (Å²) >= 11 is 0. The largest absolute Gasteiger partial charge is 0.375 e. The lowest BCUT2D eigenvalue weighted by molar-refractivity contribution is -0.167. The maximum absolute atomic E-state index is 6.45. The Morgan fingerprint density at radius 1 is 1.04 bits per heavy atom. The van der Waals surface area contributed by atoms with Crippen LogP contribution in [-0.2, 0) is 4.74 Å². The second-order valence-corrected chi connectivity index (χ2v) is 10.6. The second kappa shape index (κ2) is 7.53. The zero-order chi connectivity index (χ0) is 18.1. The van der Waals surface area contributed by atoms with E-state index in [0.717, 1.165) is 24.4 Å². The molecule has 5 atom stereocenters. The van der Waals surface area contributed by atoms with Gasteiger partial charge >= 0.3 is 0 Å². The Bertz CT molecular complexity index is 439. The van der Waals surface area contributed by atoms with Crippen LogP contribution in [0.2, 0.25) is 0 Å². The summed E-state index contributed by atoms with van der Waals surface area (Å²) in [5, 5.41) is 0. The van der Waals surface area contributed by atoms with Crippen molar-refractivity contribution in [3.05, 3.63) is 0 Å². The SMILES string of the molecule is CCCC12CCCC(CC(C)C)C1(C)CC1CCOC(CC)(CC2)C1. The molecule has 0 amide bonds. The molecule has 0 aromatic carbocycles. The highest BCUT2D eigenvalue weighted by molar-refractivity contribution is 5.06. The van der Waals surface area contributed by atoms with Gasteiger partial charge in [0.25, 0.3) is 0 Å². The molecule has 0 radical (unpaired) electrons. The molecular formula is C24H44O. The molecule has 25 heavy (non-hydrogen) atoms. The molecule has 3 fully saturated rings. The molecule has 1 heterocycles. The molecule has 1 heteroatoms. The van der Waals surface area contributed by atoms with Crippen LogP contribution >= 0.6 is 0 Å². The third-order valence-electron chi connectivity index (χ3n) is 8.82. The number of hydrogen-bond donors (Lipinski definition) is 0. The summed E-state index contributed by atoms with van der Waals surface area (Å²) in [6, 6.07) is 0. The van der Waals surface area contributed by atoms with Crippen molar-refractivity contribution < 1.29 is 4.74 Å². The van der Waals surface area contributed by atoms with Gasteiger partial charge in [0.15, 0.2) is 0 Å². The van der Waals surface area contributed by atoms with E-state index in [9.17, 15) is 0 Å². The van der Waals surface area contributed by atoms with Crippen molar-refractivity contribution in [3.8, 4) is 0 Å². The van der Waals surface area contributed by atoms with Gasteiger partial charge in [0, 0.05) is 6.61 Å². The van der Waals surface area contributed by atoms with Crippen molar-refractivity contribution in [2.24, 2.45) is 28.6 Å². The van der Waals surface area contributed by atoms with Crippen molar-refractivity contribution in [2.75, 3.05) is 6.61 Å². The highest BCUT2D eigenvalue weighted by Gasteiger charge is 2.56. The topological polar surface area (TPSA) is 9.23 Å². The minimum Gasteiger partial charge on any atom is -0.375 e. The lowest BCUT2D eigenvalue weighted by atomic mass is 9.44. The first kappa shape index (κ1) is 19.7. The van der Waals surface area contributed by atoms with Crippen molar-refractivity contribution >= 4 is 0 Å². The van der Waals surface area contributed by atoms with Crippen LogP contribution in [0.15, 0.2) is 0 Å². The van der Waals surface area contributed by atoms with Crippen molar-refractivity contribution in [3.63, 3.8) is 0 Å². The van der Waals surface area contributed by atoms with E-state index in [1.165, 1.54) is 77.0 Å². The standard InChI is InChI=1S/C24H44O/c1-6-11-23-12-8-9-21(16-19(3)4)22(23,5)17-20-10-15-25-24(7-2,18-20)14-13-23/h19-21H,6-18H2,1-5H3. The van der Waals surface area contributed by atoms with Crippen LogP contribution in [0.3, 0.4) is 0 Å². The van der Waals surface area contributed by atoms with Crippen molar-refractivity contribution in [2.45, 2.75) is 117 Å². The Kier molecular flexibility index (Phi) is 5.94. The quantitative estimate of drug-likeness (QED) is 0.503. The summed E-state index contributed by atoms with van der Waals surface area (Å²) in [5.41, 5.74) is 1.36. The average Bonchev–Trinajstić information content (AvgIpc) is 2.57. The normalized spacial score (nSPS) is 44.9. The second-order valence-electron chi connectivity index (χ2n) is 10.6. The molecule has 3 aliphatic rings. The van der Waals surface area contributed by atoms with Crippen LogP contribution in [0.25, 0.3) is 0 Å². The lowest BCUT2D eigenvalue weighted by Gasteiger charge is -2.61. The van der Waals surface area contributed by atoms with Gasteiger partial charge in [0.2, 0.25) is 0 Å². The highest BCUT2D eigenvalue weighted by atomic mass is 16.5. The van der Waals surface area contributed by atoms with Gasteiger partial charge in [-0.25, -0.2) is 0 Å². The van der Waals surface area contributed by atoms with E-state index in [2.05, 4.69) is 34.6 Å². The van der Waals surface area contributed by atoms with Gasteiger partial charge < -0.3 is 4.74 Å². The molecule has 3 rings (SSSR count). The van der Waals surface area contributed by atoms with E-state index in [1.807, 2.05) is 0 Å². The molecular weight excluding hydrogens is 304 g/mol. The molecule has 1 saturated heterocycles. The maximum Gasteiger partial charge on any atom is 0.0682 e. The Morgan fingerprint density at radius 2 is 1.84 bits per heavy atom. The van der Waals surface area contributed by atoms with E-state index in [0.29, 0.717) is 10.8 Å². The van der Waals surface area contributed by atoms with E-state index >= 15 is 0 Å². The first-order valence-electron chi connectivity index (χ1n) is 11.5. The van der Waals surface area contributed by atoms with Crippen LogP contribution in [0.1, 0.15) is 112 Å². The van der Waals surface area contributed by atoms with Gasteiger partial charge in [-0.1, -0.05) is 47.5 Å². The van der Waals surface area contributed by atoms with Crippen LogP contribution < -0.4 is 0 Å². The van der Waals surface area contributed by atoms with Gasteiger partial charge in [-0.05, 0) is 92.8 Å². The number of hydrogen-bond acceptors (Lipinski definition) is 1. The summed E-state index contributed by atoms with van der Waals surface area (Å²) in [7, 11) is 0. The molecule has 2 aliphatic carbocycles. The van der Waals surface area contributed by atoms with Gasteiger partial charge in [0.05, 0.1) is 5.60 Å². The summed E-state index contributed by atoms with van der Waals surface area (Å²) in [6.07, 6.45) is 16.8. The molecule has 1 aliphatic heterocycles. The van der Waals surface area contributed by atoms with Crippen LogP contribution in [0.4, 0.5) is 0 Å². The minimum absolute atomic E-state index is 0.218. The number of fused-ring (bicyclic) bond motifs is 3. The van der Waals surface area contributed by atoms with Crippen LogP contribution in [0.5, 0.6) is 0 Å². The Hall–Kier alpha value is -0.0400. The van der Waals surface area contributed by atoms with E-state index < -0.39 is 0 Å². The smallest absolute Gasteiger partial charge is 0.0682 e. The predicted octanol–water partition coefficient (Wildman–Crippen LogP) is 7.38. The van der Waals surface area contributed by atoms with Gasteiger partial charge in [-0.15, -0.1) is 0 Å². The summed E-state index contributed by atoms with van der Waals surface area (Å²) in [5.74, 6) is 2.70. The van der Waals surface area contributed by atoms with Crippen LogP contribution in [-0.4, -0.2) is 12.2 Å². The fraction of sp³-hybridized carbons (Fsp3) is 1.00. The minimum atomic E-state index is 0.218. The first-order valence-corrected chi connectivity index (χ1v) is 11.5. The van der Waals surface area contributed by atoms with Crippen LogP contribution in [0, 0.1) is 28.6 Å². The van der Waals surface area contributed by atoms with Crippen molar-refractivity contribution in [1.82, 2.24) is 0 Å². The van der Waals surface area contributed by atoms with Gasteiger partial charge in [-0.2, -0.15) is 0 Å². The molecule has 5 unspecified atom stereocenters. The highest BCUT2D eigenvalue weighted by Crippen LogP contribution is 2.65. The molecule has 2 saturated carbocycles. The Labute approximate surface area is 157 Å². The predicted molar refractivity (Wildman–Crippen MR) is 108 cm³/mol. The number of ether oxygens (including phenoxy) is 1. The Morgan fingerprint density at radius 3 is 2.52 bits per heavy atom. The summed E-state index contributed by atoms with van der Waals surface area (Å²) in [6.45, 7) is 13.4. The molecule has 0 spiro atoms. The molecule has 1 nitrogen and oxygen atoms in total. The average molecular weight is 349 g/mol. The fourth-order valence-electron chi connectivity index (χ4n) is 7.45. The molecule has 0 N–H and O–H groups in total. The van der Waals surface area contributed by atoms with Crippen molar-refractivity contribution in [1.29, 1.82) is 0 Å². The Balaban J connectivity index is 1.96. The zero-order valence-electron chi connectivity index (χ0n) is 17.8. The van der Waals surface area contributed by atoms with E-state index in [1.54, 1.807) is 0 Å². The molecule has 0 aromatic heterocycles. The third kappa shape index (κ3) is 3.56. The summed E-state index contributed by atoms with van der Waals surface area (Å²) in [4.78, 5) is 0. The van der Waals surface area contributed by atoms with Gasteiger partial charge in [-0.3, -0.25) is 0 Å². The van der Waals surface area contributed by atoms with E-state index in [4.69, 9.17) is 4.74 Å². The van der Waals surface area contributed by atoms with Gasteiger partial charge in [0.1, 0.15) is 0 Å². The molecule has 0 aromatic rings. The molecule has 2 bridgehead atoms. The zero-order valence-corrected chi connectivity index (χ0v) is 17.8. The first-order chi connectivity index (χ1) is 11.9. The monoisotopic (exact) mass is 348 g/mol. The maximum atomic E-state index is 6.45.